The van der Waals surface area contributed by atoms with E-state index in [0.717, 1.165) is 42.4 Å². The van der Waals surface area contributed by atoms with Gasteiger partial charge in [0.05, 0.1) is 5.25 Å². The van der Waals surface area contributed by atoms with Crippen LogP contribution >= 0.6 is 23.4 Å². The molecule has 2 aromatic rings. The molecule has 0 saturated heterocycles. The number of carbonyl (C=O) groups excluding carboxylic acids is 1. The summed E-state index contributed by atoms with van der Waals surface area (Å²) in [4.78, 5) is 12.0. The number of aromatic nitrogens is 3. The van der Waals surface area contributed by atoms with Crippen LogP contribution in [0.4, 0.5) is 0 Å². The molecule has 1 fully saturated rings. The summed E-state index contributed by atoms with van der Waals surface area (Å²) >= 11 is 7.49. The van der Waals surface area contributed by atoms with E-state index in [2.05, 4.69) is 21.7 Å². The van der Waals surface area contributed by atoms with Crippen molar-refractivity contribution in [3.8, 4) is 11.4 Å². The largest absolute Gasteiger partial charge is 0.302 e. The van der Waals surface area contributed by atoms with Crippen LogP contribution in [0.3, 0.4) is 0 Å². The maximum atomic E-state index is 12.0. The van der Waals surface area contributed by atoms with E-state index >= 15 is 0 Å². The van der Waals surface area contributed by atoms with Crippen LogP contribution in [0.2, 0.25) is 5.02 Å². The van der Waals surface area contributed by atoms with Gasteiger partial charge in [0.2, 0.25) is 0 Å². The molecule has 1 aromatic heterocycles. The SMILES string of the molecule is CCn1c(S[C@H]2CCCCC2=O)nnc1-c1ccc(Cl)cc1. The van der Waals surface area contributed by atoms with Crippen molar-refractivity contribution in [2.24, 2.45) is 0 Å². The van der Waals surface area contributed by atoms with Gasteiger partial charge in [-0.1, -0.05) is 29.8 Å². The second-order valence-electron chi connectivity index (χ2n) is 5.38. The standard InChI is InChI=1S/C16H18ClN3OS/c1-2-20-15(11-7-9-12(17)10-8-11)18-19-16(20)22-14-6-4-3-5-13(14)21/h7-10,14H,2-6H2,1H3/t14-/m0/s1. The van der Waals surface area contributed by atoms with Crippen LogP contribution in [0.1, 0.15) is 32.6 Å². The van der Waals surface area contributed by atoms with Gasteiger partial charge in [0.25, 0.3) is 0 Å². The number of halogens is 1. The molecule has 1 aliphatic carbocycles. The highest BCUT2D eigenvalue weighted by Crippen LogP contribution is 2.32. The minimum atomic E-state index is 0.0290. The van der Waals surface area contributed by atoms with Gasteiger partial charge in [0, 0.05) is 23.6 Å². The first-order chi connectivity index (χ1) is 10.7. The van der Waals surface area contributed by atoms with Crippen molar-refractivity contribution in [1.29, 1.82) is 0 Å². The molecular weight excluding hydrogens is 318 g/mol. The van der Waals surface area contributed by atoms with E-state index in [1.807, 2.05) is 24.3 Å². The number of ketones is 1. The van der Waals surface area contributed by atoms with Crippen molar-refractivity contribution in [3.05, 3.63) is 29.3 Å². The number of hydrogen-bond acceptors (Lipinski definition) is 4. The lowest BCUT2D eigenvalue weighted by Gasteiger charge is -2.19. The van der Waals surface area contributed by atoms with Gasteiger partial charge in [-0.05, 0) is 44.0 Å². The maximum Gasteiger partial charge on any atom is 0.192 e. The third kappa shape index (κ3) is 3.20. The molecule has 1 saturated carbocycles. The van der Waals surface area contributed by atoms with Crippen molar-refractivity contribution in [3.63, 3.8) is 0 Å². The number of Topliss-reactive ketones (excluding diaryl/α,β-unsaturated/α-hetero) is 1. The molecule has 1 atom stereocenters. The van der Waals surface area contributed by atoms with E-state index in [0.29, 0.717) is 17.2 Å². The molecule has 1 aromatic carbocycles. The maximum absolute atomic E-state index is 12.0. The summed E-state index contributed by atoms with van der Waals surface area (Å²) in [5, 5.41) is 10.2. The molecule has 3 rings (SSSR count). The summed E-state index contributed by atoms with van der Waals surface area (Å²) in [5.74, 6) is 1.17. The summed E-state index contributed by atoms with van der Waals surface area (Å²) < 4.78 is 2.07. The van der Waals surface area contributed by atoms with Gasteiger partial charge in [-0.15, -0.1) is 10.2 Å². The predicted molar refractivity (Wildman–Crippen MR) is 89.3 cm³/mol. The van der Waals surface area contributed by atoms with Gasteiger partial charge in [-0.2, -0.15) is 0 Å². The molecule has 0 bridgehead atoms. The molecule has 4 nitrogen and oxygen atoms in total. The quantitative estimate of drug-likeness (QED) is 0.839. The summed E-state index contributed by atoms with van der Waals surface area (Å²) in [7, 11) is 0. The molecule has 1 aliphatic rings. The molecule has 0 spiro atoms. The highest BCUT2D eigenvalue weighted by Gasteiger charge is 2.26. The first kappa shape index (κ1) is 15.6. The number of nitrogens with zero attached hydrogens (tertiary/aromatic N) is 3. The predicted octanol–water partition coefficient (Wildman–Crippen LogP) is 4.22. The van der Waals surface area contributed by atoms with Crippen molar-refractivity contribution in [2.45, 2.75) is 49.6 Å². The van der Waals surface area contributed by atoms with Crippen molar-refractivity contribution >= 4 is 29.1 Å². The number of rotatable bonds is 4. The van der Waals surface area contributed by atoms with Gasteiger partial charge in [-0.25, -0.2) is 0 Å². The number of hydrogen-bond donors (Lipinski definition) is 0. The van der Waals surface area contributed by atoms with Gasteiger partial charge in [0.1, 0.15) is 5.78 Å². The topological polar surface area (TPSA) is 47.8 Å². The van der Waals surface area contributed by atoms with Gasteiger partial charge in [-0.3, -0.25) is 4.79 Å². The zero-order chi connectivity index (χ0) is 15.5. The molecular formula is C16H18ClN3OS. The lowest BCUT2D eigenvalue weighted by atomic mass is 9.99. The molecule has 0 N–H and O–H groups in total. The zero-order valence-corrected chi connectivity index (χ0v) is 14.0. The molecule has 116 valence electrons. The molecule has 0 unspecified atom stereocenters. The third-order valence-electron chi connectivity index (χ3n) is 3.88. The van der Waals surface area contributed by atoms with E-state index in [1.165, 1.54) is 0 Å². The summed E-state index contributed by atoms with van der Waals surface area (Å²) in [5.41, 5.74) is 0.987. The second kappa shape index (κ2) is 6.84. The fraction of sp³-hybridized carbons (Fsp3) is 0.438. The molecule has 0 radical (unpaired) electrons. The van der Waals surface area contributed by atoms with E-state index in [1.54, 1.807) is 11.8 Å². The number of carbonyl (C=O) groups is 1. The van der Waals surface area contributed by atoms with Crippen molar-refractivity contribution in [1.82, 2.24) is 14.8 Å². The fourth-order valence-electron chi connectivity index (χ4n) is 2.68. The first-order valence-electron chi connectivity index (χ1n) is 7.57. The minimum absolute atomic E-state index is 0.0290. The molecule has 0 aliphatic heterocycles. The Morgan fingerprint density at radius 2 is 2.05 bits per heavy atom. The van der Waals surface area contributed by atoms with E-state index in [-0.39, 0.29) is 5.25 Å². The number of thioether (sulfide) groups is 1. The highest BCUT2D eigenvalue weighted by molar-refractivity contribution is 8.00. The smallest absolute Gasteiger partial charge is 0.192 e. The van der Waals surface area contributed by atoms with E-state index < -0.39 is 0 Å². The van der Waals surface area contributed by atoms with Crippen LogP contribution in [-0.2, 0) is 11.3 Å². The van der Waals surface area contributed by atoms with E-state index in [9.17, 15) is 4.79 Å². The molecule has 0 amide bonds. The van der Waals surface area contributed by atoms with Crippen LogP contribution in [-0.4, -0.2) is 25.8 Å². The van der Waals surface area contributed by atoms with Gasteiger partial charge >= 0.3 is 0 Å². The van der Waals surface area contributed by atoms with Gasteiger partial charge < -0.3 is 4.57 Å². The number of benzene rings is 1. The fourth-order valence-corrected chi connectivity index (χ4v) is 4.02. The normalized spacial score (nSPS) is 18.6. The Hall–Kier alpha value is -1.33. The Morgan fingerprint density at radius 3 is 2.73 bits per heavy atom. The van der Waals surface area contributed by atoms with Crippen molar-refractivity contribution < 1.29 is 4.79 Å². The molecule has 1 heterocycles. The zero-order valence-electron chi connectivity index (χ0n) is 12.5. The Kier molecular flexibility index (Phi) is 4.84. The average molecular weight is 336 g/mol. The molecule has 22 heavy (non-hydrogen) atoms. The monoisotopic (exact) mass is 335 g/mol. The lowest BCUT2D eigenvalue weighted by Crippen LogP contribution is -2.21. The van der Waals surface area contributed by atoms with Crippen LogP contribution < -0.4 is 0 Å². The highest BCUT2D eigenvalue weighted by atomic mass is 35.5. The second-order valence-corrected chi connectivity index (χ2v) is 6.98. The average Bonchev–Trinajstić information content (AvgIpc) is 2.93. The van der Waals surface area contributed by atoms with Crippen molar-refractivity contribution in [2.75, 3.05) is 0 Å². The summed E-state index contributed by atoms with van der Waals surface area (Å²) in [6.45, 7) is 2.84. The lowest BCUT2D eigenvalue weighted by molar-refractivity contribution is -0.119. The third-order valence-corrected chi connectivity index (χ3v) is 5.43. The van der Waals surface area contributed by atoms with Crippen LogP contribution in [0.5, 0.6) is 0 Å². The summed E-state index contributed by atoms with van der Waals surface area (Å²) in [6.07, 6.45) is 3.78. The van der Waals surface area contributed by atoms with E-state index in [4.69, 9.17) is 11.6 Å². The van der Waals surface area contributed by atoms with Gasteiger partial charge in [0.15, 0.2) is 11.0 Å². The Bertz CT molecular complexity index is 669. The van der Waals surface area contributed by atoms with Crippen LogP contribution in [0, 0.1) is 0 Å². The Labute approximate surface area is 139 Å². The minimum Gasteiger partial charge on any atom is -0.302 e. The Balaban J connectivity index is 1.87. The van der Waals surface area contributed by atoms with Crippen LogP contribution in [0.25, 0.3) is 11.4 Å². The first-order valence-corrected chi connectivity index (χ1v) is 8.83. The van der Waals surface area contributed by atoms with Crippen LogP contribution in [0.15, 0.2) is 29.4 Å². The molecule has 6 heteroatoms. The summed E-state index contributed by atoms with van der Waals surface area (Å²) in [6, 6.07) is 7.59. The Morgan fingerprint density at radius 1 is 1.27 bits per heavy atom.